The second-order valence-corrected chi connectivity index (χ2v) is 9.04. The molecule has 0 N–H and O–H groups in total. The number of ether oxygens (including phenoxy) is 1. The summed E-state index contributed by atoms with van der Waals surface area (Å²) in [5, 5.41) is 3.27. The largest absolute Gasteiger partial charge is 0.417 e. The molecule has 0 saturated heterocycles. The molecule has 0 unspecified atom stereocenters. The summed E-state index contributed by atoms with van der Waals surface area (Å²) in [4.78, 5) is -0.667. The predicted octanol–water partition coefficient (Wildman–Crippen LogP) is 3.76. The maximum Gasteiger partial charge on any atom is 0.417 e. The van der Waals surface area contributed by atoms with Crippen LogP contribution in [0.5, 0.6) is 0 Å². The van der Waals surface area contributed by atoms with E-state index in [9.17, 15) is 21.6 Å². The van der Waals surface area contributed by atoms with Crippen LogP contribution in [0.25, 0.3) is 11.3 Å². The van der Waals surface area contributed by atoms with Crippen LogP contribution in [-0.2, 0) is 27.8 Å². The summed E-state index contributed by atoms with van der Waals surface area (Å²) < 4.78 is 73.6. The highest BCUT2D eigenvalue weighted by molar-refractivity contribution is 7.92. The normalized spacial score (nSPS) is 21.0. The van der Waals surface area contributed by atoms with Crippen LogP contribution >= 0.6 is 0 Å². The van der Waals surface area contributed by atoms with Gasteiger partial charge in [-0.05, 0) is 44.4 Å². The van der Waals surface area contributed by atoms with Crippen molar-refractivity contribution in [3.8, 4) is 11.3 Å². The van der Waals surface area contributed by atoms with Gasteiger partial charge in [0, 0.05) is 19.7 Å². The van der Waals surface area contributed by atoms with Crippen molar-refractivity contribution in [3.05, 3.63) is 35.5 Å². The van der Waals surface area contributed by atoms with Crippen LogP contribution in [0.4, 0.5) is 13.2 Å². The lowest BCUT2D eigenvalue weighted by molar-refractivity contribution is -0.139. The SMILES string of the molecule is CO[C@H]1CC[C@@H](S(=O)(=O)c2ccc(-c3cc(C)nn3C)cc2C(F)(F)F)C1. The van der Waals surface area contributed by atoms with Crippen molar-refractivity contribution in [2.75, 3.05) is 7.11 Å². The highest BCUT2D eigenvalue weighted by Crippen LogP contribution is 2.40. The number of hydrogen-bond acceptors (Lipinski definition) is 4. The van der Waals surface area contributed by atoms with Crippen LogP contribution in [-0.4, -0.2) is 36.7 Å². The van der Waals surface area contributed by atoms with Crippen LogP contribution < -0.4 is 0 Å². The summed E-state index contributed by atoms with van der Waals surface area (Å²) in [6.45, 7) is 1.74. The summed E-state index contributed by atoms with van der Waals surface area (Å²) >= 11 is 0. The van der Waals surface area contributed by atoms with Crippen molar-refractivity contribution >= 4 is 9.84 Å². The molecule has 2 atom stereocenters. The number of aromatic nitrogens is 2. The van der Waals surface area contributed by atoms with Crippen LogP contribution in [0.2, 0.25) is 0 Å². The van der Waals surface area contributed by atoms with E-state index in [0.29, 0.717) is 24.2 Å². The van der Waals surface area contributed by atoms with E-state index in [2.05, 4.69) is 5.10 Å². The minimum Gasteiger partial charge on any atom is -0.381 e. The summed E-state index contributed by atoms with van der Waals surface area (Å²) in [5.41, 5.74) is 0.280. The molecule has 1 saturated carbocycles. The molecule has 0 bridgehead atoms. The van der Waals surface area contributed by atoms with Gasteiger partial charge in [0.2, 0.25) is 0 Å². The monoisotopic (exact) mass is 402 g/mol. The molecular formula is C18H21F3N2O3S. The third-order valence-electron chi connectivity index (χ3n) is 5.00. The number of methoxy groups -OCH3 is 1. The number of nitrogens with zero attached hydrogens (tertiary/aromatic N) is 2. The third kappa shape index (κ3) is 3.75. The van der Waals surface area contributed by atoms with Crippen LogP contribution in [0.15, 0.2) is 29.2 Å². The predicted molar refractivity (Wildman–Crippen MR) is 94.0 cm³/mol. The Bertz CT molecular complexity index is 951. The molecule has 1 heterocycles. The first kappa shape index (κ1) is 19.9. The minimum atomic E-state index is -4.79. The Morgan fingerprint density at radius 3 is 2.44 bits per heavy atom. The molecule has 5 nitrogen and oxygen atoms in total. The van der Waals surface area contributed by atoms with E-state index in [1.165, 1.54) is 17.9 Å². The Hall–Kier alpha value is -1.87. The number of halogens is 3. The Labute approximate surface area is 156 Å². The Morgan fingerprint density at radius 2 is 1.93 bits per heavy atom. The Balaban J connectivity index is 2.09. The fourth-order valence-corrected chi connectivity index (χ4v) is 5.63. The quantitative estimate of drug-likeness (QED) is 0.781. The van der Waals surface area contributed by atoms with Crippen molar-refractivity contribution in [1.29, 1.82) is 0 Å². The fourth-order valence-electron chi connectivity index (χ4n) is 3.62. The molecule has 1 aromatic carbocycles. The number of sulfone groups is 1. The van der Waals surface area contributed by atoms with Gasteiger partial charge >= 0.3 is 6.18 Å². The first-order valence-corrected chi connectivity index (χ1v) is 10.1. The lowest BCUT2D eigenvalue weighted by Crippen LogP contribution is -2.23. The smallest absolute Gasteiger partial charge is 0.381 e. The van der Waals surface area contributed by atoms with E-state index in [-0.39, 0.29) is 18.1 Å². The second-order valence-electron chi connectivity index (χ2n) is 6.84. The first-order chi connectivity index (χ1) is 12.5. The number of rotatable bonds is 4. The topological polar surface area (TPSA) is 61.2 Å². The van der Waals surface area contributed by atoms with Crippen LogP contribution in [0.3, 0.4) is 0 Å². The molecule has 0 radical (unpaired) electrons. The Kier molecular flexibility index (Phi) is 5.11. The van der Waals surface area contributed by atoms with Gasteiger partial charge in [0.05, 0.1) is 33.2 Å². The van der Waals surface area contributed by atoms with Crippen LogP contribution in [0.1, 0.15) is 30.5 Å². The fraction of sp³-hybridized carbons (Fsp3) is 0.500. The molecule has 3 rings (SSSR count). The Morgan fingerprint density at radius 1 is 1.22 bits per heavy atom. The maximum absolute atomic E-state index is 13.7. The molecule has 1 aliphatic carbocycles. The van der Waals surface area contributed by atoms with Crippen molar-refractivity contribution < 1.29 is 26.3 Å². The van der Waals surface area contributed by atoms with Crippen molar-refractivity contribution in [2.45, 2.75) is 48.6 Å². The van der Waals surface area contributed by atoms with Crippen LogP contribution in [0, 0.1) is 6.92 Å². The molecular weight excluding hydrogens is 381 g/mol. The molecule has 27 heavy (non-hydrogen) atoms. The van der Waals surface area contributed by atoms with E-state index >= 15 is 0 Å². The van der Waals surface area contributed by atoms with Crippen molar-refractivity contribution in [1.82, 2.24) is 9.78 Å². The molecule has 9 heteroatoms. The van der Waals surface area contributed by atoms with Gasteiger partial charge in [0.25, 0.3) is 0 Å². The van der Waals surface area contributed by atoms with E-state index in [4.69, 9.17) is 4.74 Å². The molecule has 1 aliphatic rings. The summed E-state index contributed by atoms with van der Waals surface area (Å²) in [6.07, 6.45) is -4.00. The van der Waals surface area contributed by atoms with Gasteiger partial charge in [-0.25, -0.2) is 8.42 Å². The van der Waals surface area contributed by atoms with Gasteiger partial charge in [-0.15, -0.1) is 0 Å². The number of alkyl halides is 3. The number of hydrogen-bond donors (Lipinski definition) is 0. The lowest BCUT2D eigenvalue weighted by Gasteiger charge is -2.18. The van der Waals surface area contributed by atoms with Crippen molar-refractivity contribution in [2.24, 2.45) is 7.05 Å². The van der Waals surface area contributed by atoms with E-state index < -0.39 is 31.7 Å². The highest BCUT2D eigenvalue weighted by atomic mass is 32.2. The molecule has 0 aliphatic heterocycles. The molecule has 0 spiro atoms. The zero-order chi connectivity index (χ0) is 20.0. The molecule has 148 valence electrons. The van der Waals surface area contributed by atoms with Gasteiger partial charge in [-0.2, -0.15) is 18.3 Å². The minimum absolute atomic E-state index is 0.207. The van der Waals surface area contributed by atoms with Gasteiger partial charge < -0.3 is 4.74 Å². The maximum atomic E-state index is 13.7. The average Bonchev–Trinajstić information content (AvgIpc) is 3.20. The average molecular weight is 402 g/mol. The highest BCUT2D eigenvalue weighted by Gasteiger charge is 2.42. The lowest BCUT2D eigenvalue weighted by atomic mass is 10.1. The van der Waals surface area contributed by atoms with E-state index in [1.54, 1.807) is 20.0 Å². The first-order valence-electron chi connectivity index (χ1n) is 8.53. The van der Waals surface area contributed by atoms with Gasteiger partial charge in [0.1, 0.15) is 0 Å². The van der Waals surface area contributed by atoms with Crippen molar-refractivity contribution in [3.63, 3.8) is 0 Å². The van der Waals surface area contributed by atoms with Gasteiger partial charge in [-0.1, -0.05) is 6.07 Å². The van der Waals surface area contributed by atoms with Gasteiger partial charge in [0.15, 0.2) is 9.84 Å². The van der Waals surface area contributed by atoms with E-state index in [1.807, 2.05) is 0 Å². The molecule has 1 aromatic heterocycles. The number of benzene rings is 1. The second kappa shape index (κ2) is 6.94. The third-order valence-corrected chi connectivity index (χ3v) is 7.27. The summed E-state index contributed by atoms with van der Waals surface area (Å²) in [5.74, 6) is 0. The zero-order valence-electron chi connectivity index (χ0n) is 15.2. The van der Waals surface area contributed by atoms with Gasteiger partial charge in [-0.3, -0.25) is 4.68 Å². The summed E-state index contributed by atoms with van der Waals surface area (Å²) in [6, 6.07) is 5.02. The summed E-state index contributed by atoms with van der Waals surface area (Å²) in [7, 11) is -1.02. The zero-order valence-corrected chi connectivity index (χ0v) is 16.1. The molecule has 0 amide bonds. The standard InChI is InChI=1S/C18H21F3N2O3S/c1-11-8-16(23(2)22-11)12-4-7-17(15(9-12)18(19,20)21)27(24,25)14-6-5-13(10-14)26-3/h4,7-9,13-14H,5-6,10H2,1-3H3/t13-,14+/m0/s1. The number of aryl methyl sites for hydroxylation is 2. The molecule has 1 fully saturated rings. The molecule has 2 aromatic rings. The van der Waals surface area contributed by atoms with E-state index in [0.717, 1.165) is 12.1 Å².